The Kier molecular flexibility index (Phi) is 9.56. The van der Waals surface area contributed by atoms with E-state index < -0.39 is 17.3 Å². The lowest BCUT2D eigenvalue weighted by Crippen LogP contribution is -2.33. The average Bonchev–Trinajstić information content (AvgIpc) is 2.44. The fraction of sp³-hybridized carbons (Fsp3) is 0.727. The number of unbranched alkanes of at least 4 members (excludes halogenated alkanes) is 1. The zero-order valence-electron chi connectivity index (χ0n) is 11.6. The molecule has 0 aromatic rings. The summed E-state index contributed by atoms with van der Waals surface area (Å²) in [6, 6.07) is -0.870. The van der Waals surface area contributed by atoms with E-state index in [0.717, 1.165) is 11.8 Å². The summed E-state index contributed by atoms with van der Waals surface area (Å²) in [6.45, 7) is 2.04. The van der Waals surface area contributed by atoms with Crippen molar-refractivity contribution in [3.63, 3.8) is 0 Å². The summed E-state index contributed by atoms with van der Waals surface area (Å²) in [5, 5.41) is 20.0. The zero-order chi connectivity index (χ0) is 15.5. The second kappa shape index (κ2) is 10.3. The van der Waals surface area contributed by atoms with E-state index in [4.69, 9.17) is 20.8 Å². The molecule has 0 fully saturated rings. The van der Waals surface area contributed by atoms with Gasteiger partial charge in [0.25, 0.3) is 0 Å². The molecule has 0 radical (unpaired) electrons. The molecule has 4 N–H and O–H groups in total. The van der Waals surface area contributed by atoms with Crippen LogP contribution in [0.5, 0.6) is 0 Å². The third-order valence-corrected chi connectivity index (χ3v) is 3.07. The summed E-state index contributed by atoms with van der Waals surface area (Å²) in [6.07, 6.45) is 3.22. The van der Waals surface area contributed by atoms with Gasteiger partial charge < -0.3 is 25.7 Å². The van der Waals surface area contributed by atoms with Crippen molar-refractivity contribution in [2.75, 3.05) is 19.5 Å². The molecule has 0 aromatic carbocycles. The maximum atomic E-state index is 11.1. The number of carbonyl (C=O) groups is 2. The number of hydrogen-bond acceptors (Lipinski definition) is 7. The number of carbonyl (C=O) groups excluding carboxylic acids is 1. The lowest BCUT2D eigenvalue weighted by molar-refractivity contribution is -0.138. The highest BCUT2D eigenvalue weighted by molar-refractivity contribution is 8.12. The zero-order valence-corrected chi connectivity index (χ0v) is 12.4. The van der Waals surface area contributed by atoms with Gasteiger partial charge in [-0.1, -0.05) is 5.16 Å². The van der Waals surface area contributed by atoms with Crippen LogP contribution in [0.2, 0.25) is 0 Å². The Labute approximate surface area is 121 Å². The van der Waals surface area contributed by atoms with Gasteiger partial charge >= 0.3 is 11.3 Å². The normalized spacial score (nSPS) is 12.8. The van der Waals surface area contributed by atoms with Crippen molar-refractivity contribution >= 4 is 28.9 Å². The Bertz CT molecular complexity index is 351. The summed E-state index contributed by atoms with van der Waals surface area (Å²) < 4.78 is 4.93. The van der Waals surface area contributed by atoms with E-state index in [1.54, 1.807) is 18.1 Å². The molecule has 0 aliphatic carbocycles. The van der Waals surface area contributed by atoms with Gasteiger partial charge in [0.05, 0.1) is 0 Å². The molecule has 0 spiro atoms. The quantitative estimate of drug-likeness (QED) is 0.116. The topological polar surface area (TPSA) is 125 Å². The third-order valence-electron chi connectivity index (χ3n) is 2.62. The molecule has 9 heteroatoms. The van der Waals surface area contributed by atoms with Crippen molar-refractivity contribution in [3.05, 3.63) is 0 Å². The van der Waals surface area contributed by atoms with Crippen LogP contribution in [0.1, 0.15) is 26.2 Å². The van der Waals surface area contributed by atoms with Crippen molar-refractivity contribution in [2.45, 2.75) is 32.2 Å². The number of rotatable bonds is 8. The van der Waals surface area contributed by atoms with Crippen LogP contribution in [0.4, 0.5) is 4.79 Å². The predicted octanol–water partition coefficient (Wildman–Crippen LogP) is 1.14. The number of hydrogen-bond donors (Lipinski definition) is 3. The highest BCUT2D eigenvalue weighted by Crippen LogP contribution is 2.05. The van der Waals surface area contributed by atoms with Crippen molar-refractivity contribution in [1.82, 2.24) is 4.90 Å². The summed E-state index contributed by atoms with van der Waals surface area (Å²) in [7, 11) is 0. The molecule has 20 heavy (non-hydrogen) atoms. The maximum Gasteiger partial charge on any atom is 0.368 e. The monoisotopic (exact) mass is 307 g/mol. The average molecular weight is 307 g/mol. The first kappa shape index (κ1) is 18.5. The molecule has 0 saturated carbocycles. The first-order valence-electron chi connectivity index (χ1n) is 6.05. The van der Waals surface area contributed by atoms with Crippen LogP contribution in [-0.4, -0.2) is 57.9 Å². The molecule has 0 saturated heterocycles. The minimum atomic E-state index is -1.02. The molecule has 0 heterocycles. The molecule has 0 rings (SSSR count). The van der Waals surface area contributed by atoms with Crippen molar-refractivity contribution in [1.29, 1.82) is 0 Å². The number of thioether (sulfide) groups is 1. The van der Waals surface area contributed by atoms with Crippen LogP contribution in [-0.2, 0) is 9.53 Å². The summed E-state index contributed by atoms with van der Waals surface area (Å²) in [5.74, 6) is -0.703. The molecule has 1 unspecified atom stereocenters. The Balaban J connectivity index is 4.11. The lowest BCUT2D eigenvalue weighted by Gasteiger charge is -2.22. The van der Waals surface area contributed by atoms with Crippen molar-refractivity contribution in [3.8, 4) is 0 Å². The predicted molar refractivity (Wildman–Crippen MR) is 75.9 cm³/mol. The fourth-order valence-electron chi connectivity index (χ4n) is 1.36. The minimum absolute atomic E-state index is 0.0133. The largest absolute Gasteiger partial charge is 0.480 e. The number of ether oxygens (including phenoxy) is 1. The van der Waals surface area contributed by atoms with Gasteiger partial charge in [0.15, 0.2) is 6.73 Å². The molecule has 0 aromatic heterocycles. The molecule has 0 aliphatic heterocycles. The fourth-order valence-corrected chi connectivity index (χ4v) is 1.53. The lowest BCUT2D eigenvalue weighted by atomic mass is 10.1. The first-order chi connectivity index (χ1) is 9.42. The molecular formula is C11H21N3O5S. The number of nitrogens with zero attached hydrogens (tertiary/aromatic N) is 2. The number of amidine groups is 1. The summed E-state index contributed by atoms with van der Waals surface area (Å²) >= 11 is 0.950. The van der Waals surface area contributed by atoms with E-state index >= 15 is 0 Å². The first-order valence-corrected chi connectivity index (χ1v) is 7.27. The Morgan fingerprint density at radius 2 is 2.10 bits per heavy atom. The van der Waals surface area contributed by atoms with Crippen LogP contribution in [0.25, 0.3) is 0 Å². The summed E-state index contributed by atoms with van der Waals surface area (Å²) in [4.78, 5) is 23.2. The standard InChI is InChI=1S/C11H21N3O5S/c1-8(13-18)14(7-19-11(17)20-2)6-4-3-5-9(12)10(15)16/h9,18H,3-7,12H2,1-2H3,(H,15,16)/b13-8+. The van der Waals surface area contributed by atoms with Gasteiger partial charge in [0.2, 0.25) is 0 Å². The van der Waals surface area contributed by atoms with E-state index in [1.807, 2.05) is 0 Å². The Hall–Kier alpha value is -1.48. The SMILES string of the molecule is CSC(=O)OCN(CCCCC(N)C(=O)O)/C(C)=N/O. The van der Waals surface area contributed by atoms with Gasteiger partial charge in [0, 0.05) is 6.54 Å². The molecule has 1 atom stereocenters. The summed E-state index contributed by atoms with van der Waals surface area (Å²) in [5.41, 5.74) is 5.39. The molecule has 0 aliphatic rings. The van der Waals surface area contributed by atoms with Crippen LogP contribution in [0, 0.1) is 0 Å². The van der Waals surface area contributed by atoms with Crippen LogP contribution < -0.4 is 5.73 Å². The molecule has 0 bridgehead atoms. The van der Waals surface area contributed by atoms with Gasteiger partial charge in [-0.25, -0.2) is 4.79 Å². The second-order valence-electron chi connectivity index (χ2n) is 4.08. The number of nitrogens with two attached hydrogens (primary N) is 1. The van der Waals surface area contributed by atoms with Gasteiger partial charge in [-0.3, -0.25) is 4.79 Å². The highest BCUT2D eigenvalue weighted by Gasteiger charge is 2.13. The van der Waals surface area contributed by atoms with Gasteiger partial charge in [-0.05, 0) is 44.2 Å². The molecular weight excluding hydrogens is 286 g/mol. The van der Waals surface area contributed by atoms with Gasteiger partial charge in [0.1, 0.15) is 11.9 Å². The number of oxime groups is 1. The highest BCUT2D eigenvalue weighted by atomic mass is 32.2. The molecule has 0 amide bonds. The van der Waals surface area contributed by atoms with Crippen molar-refractivity contribution in [2.24, 2.45) is 10.9 Å². The van der Waals surface area contributed by atoms with E-state index in [1.165, 1.54) is 0 Å². The van der Waals surface area contributed by atoms with Gasteiger partial charge in [-0.15, -0.1) is 0 Å². The van der Waals surface area contributed by atoms with E-state index in [9.17, 15) is 9.59 Å². The van der Waals surface area contributed by atoms with Crippen LogP contribution >= 0.6 is 11.8 Å². The van der Waals surface area contributed by atoms with Crippen LogP contribution in [0.15, 0.2) is 5.16 Å². The second-order valence-corrected chi connectivity index (χ2v) is 4.82. The van der Waals surface area contributed by atoms with Gasteiger partial charge in [-0.2, -0.15) is 0 Å². The number of carboxylic acids is 1. The van der Waals surface area contributed by atoms with Crippen molar-refractivity contribution < 1.29 is 24.6 Å². The maximum absolute atomic E-state index is 11.1. The smallest absolute Gasteiger partial charge is 0.368 e. The Morgan fingerprint density at radius 1 is 1.45 bits per heavy atom. The van der Waals surface area contributed by atoms with E-state index in [2.05, 4.69) is 5.16 Å². The van der Waals surface area contributed by atoms with Crippen LogP contribution in [0.3, 0.4) is 0 Å². The molecule has 116 valence electrons. The number of aliphatic carboxylic acids is 1. The third kappa shape index (κ3) is 7.85. The van der Waals surface area contributed by atoms with E-state index in [0.29, 0.717) is 31.6 Å². The number of carboxylic acid groups (broad SMARTS) is 1. The molecule has 8 nitrogen and oxygen atoms in total. The minimum Gasteiger partial charge on any atom is -0.480 e. The Morgan fingerprint density at radius 3 is 2.60 bits per heavy atom. The van der Waals surface area contributed by atoms with E-state index in [-0.39, 0.29) is 6.73 Å².